The predicted molar refractivity (Wildman–Crippen MR) is 135 cm³/mol. The lowest BCUT2D eigenvalue weighted by molar-refractivity contribution is -0.136. The van der Waals surface area contributed by atoms with Crippen LogP contribution in [0.1, 0.15) is 47.8 Å². The molecular formula is C28H29FN2O5. The van der Waals surface area contributed by atoms with Gasteiger partial charge in [0.05, 0.1) is 6.42 Å². The van der Waals surface area contributed by atoms with Crippen LogP contribution in [0.2, 0.25) is 0 Å². The number of carbonyl (C=O) groups excluding carboxylic acids is 2. The number of benzene rings is 3. The van der Waals surface area contributed by atoms with Crippen molar-refractivity contribution in [3.63, 3.8) is 0 Å². The Labute approximate surface area is 209 Å². The number of carboxylic acids is 1. The smallest absolute Gasteiger partial charge is 0.407 e. The molecule has 3 rings (SSSR count). The molecule has 2 amide bonds. The summed E-state index contributed by atoms with van der Waals surface area (Å²) in [4.78, 5) is 36.1. The average Bonchev–Trinajstić information content (AvgIpc) is 2.78. The number of rotatable bonds is 7. The van der Waals surface area contributed by atoms with Crippen LogP contribution >= 0.6 is 0 Å². The standard InChI is InChI=1S/C28H29FN2O5/c1-17-8-9-24(22(10-17)15-25(32)33)31-26(34)20-7-5-6-19(13-20)21-11-18(12-23(29)14-21)16-30-27(35)36-28(2,3)4/h5-14H,15-16H2,1-4H3,(H,30,35)(H,31,34)(H,32,33). The molecule has 8 heteroatoms. The second kappa shape index (κ2) is 11.0. The highest BCUT2D eigenvalue weighted by Crippen LogP contribution is 2.25. The summed E-state index contributed by atoms with van der Waals surface area (Å²) in [5.41, 5.74) is 3.15. The molecule has 0 saturated carbocycles. The molecule has 0 atom stereocenters. The van der Waals surface area contributed by atoms with Crippen LogP contribution in [-0.2, 0) is 22.5 Å². The fraction of sp³-hybridized carbons (Fsp3) is 0.250. The molecule has 7 nitrogen and oxygen atoms in total. The predicted octanol–water partition coefficient (Wildman–Crippen LogP) is 5.71. The molecular weight excluding hydrogens is 463 g/mol. The van der Waals surface area contributed by atoms with Gasteiger partial charge in [0.2, 0.25) is 0 Å². The number of amides is 2. The third-order valence-electron chi connectivity index (χ3n) is 5.10. The molecule has 0 fully saturated rings. The van der Waals surface area contributed by atoms with Crippen LogP contribution in [0.5, 0.6) is 0 Å². The van der Waals surface area contributed by atoms with E-state index >= 15 is 0 Å². The Morgan fingerprint density at radius 2 is 1.72 bits per heavy atom. The highest BCUT2D eigenvalue weighted by Gasteiger charge is 2.16. The van der Waals surface area contributed by atoms with E-state index in [1.807, 2.05) is 6.92 Å². The van der Waals surface area contributed by atoms with E-state index < -0.39 is 29.4 Å². The van der Waals surface area contributed by atoms with Crippen molar-refractivity contribution in [2.24, 2.45) is 0 Å². The summed E-state index contributed by atoms with van der Waals surface area (Å²) < 4.78 is 19.6. The van der Waals surface area contributed by atoms with Crippen LogP contribution in [0.3, 0.4) is 0 Å². The van der Waals surface area contributed by atoms with Gasteiger partial charge >= 0.3 is 12.1 Å². The molecule has 0 unspecified atom stereocenters. The van der Waals surface area contributed by atoms with Crippen LogP contribution in [-0.4, -0.2) is 28.7 Å². The number of hydrogen-bond acceptors (Lipinski definition) is 4. The minimum absolute atomic E-state index is 0.0691. The number of nitrogens with one attached hydrogen (secondary N) is 2. The van der Waals surface area contributed by atoms with Crippen molar-refractivity contribution < 1.29 is 28.6 Å². The lowest BCUT2D eigenvalue weighted by Crippen LogP contribution is -2.32. The molecule has 0 bridgehead atoms. The highest BCUT2D eigenvalue weighted by molar-refractivity contribution is 6.05. The molecule has 188 valence electrons. The maximum atomic E-state index is 14.4. The topological polar surface area (TPSA) is 105 Å². The van der Waals surface area contributed by atoms with E-state index in [4.69, 9.17) is 4.74 Å². The lowest BCUT2D eigenvalue weighted by Gasteiger charge is -2.19. The third-order valence-corrected chi connectivity index (χ3v) is 5.10. The van der Waals surface area contributed by atoms with Gasteiger partial charge in [-0.3, -0.25) is 9.59 Å². The van der Waals surface area contributed by atoms with E-state index in [0.717, 1.165) is 5.56 Å². The van der Waals surface area contributed by atoms with E-state index in [9.17, 15) is 23.9 Å². The molecule has 0 aliphatic heterocycles. The molecule has 0 spiro atoms. The van der Waals surface area contributed by atoms with Gasteiger partial charge in [0.25, 0.3) is 5.91 Å². The molecule has 3 aromatic rings. The summed E-state index contributed by atoms with van der Waals surface area (Å²) in [6.45, 7) is 7.17. The maximum Gasteiger partial charge on any atom is 0.407 e. The zero-order valence-corrected chi connectivity index (χ0v) is 20.6. The van der Waals surface area contributed by atoms with Crippen molar-refractivity contribution in [3.05, 3.63) is 88.7 Å². The van der Waals surface area contributed by atoms with Crippen molar-refractivity contribution in [1.29, 1.82) is 0 Å². The highest BCUT2D eigenvalue weighted by atomic mass is 19.1. The van der Waals surface area contributed by atoms with Crippen LogP contribution in [0.15, 0.2) is 60.7 Å². The van der Waals surface area contributed by atoms with Gasteiger partial charge in [-0.2, -0.15) is 0 Å². The Morgan fingerprint density at radius 1 is 0.972 bits per heavy atom. The van der Waals surface area contributed by atoms with Crippen molar-refractivity contribution in [1.82, 2.24) is 5.32 Å². The number of aliphatic carboxylic acids is 1. The number of anilines is 1. The van der Waals surface area contributed by atoms with E-state index in [1.54, 1.807) is 69.3 Å². The molecule has 0 saturated heterocycles. The number of carbonyl (C=O) groups is 3. The first-order valence-electron chi connectivity index (χ1n) is 11.4. The lowest BCUT2D eigenvalue weighted by atomic mass is 10.00. The Morgan fingerprint density at radius 3 is 2.42 bits per heavy atom. The van der Waals surface area contributed by atoms with Gasteiger partial charge in [-0.15, -0.1) is 0 Å². The zero-order valence-electron chi connectivity index (χ0n) is 20.6. The van der Waals surface area contributed by atoms with Crippen LogP contribution in [0, 0.1) is 12.7 Å². The van der Waals surface area contributed by atoms with Crippen molar-refractivity contribution >= 4 is 23.7 Å². The summed E-state index contributed by atoms with van der Waals surface area (Å²) >= 11 is 0. The zero-order chi connectivity index (χ0) is 26.5. The van der Waals surface area contributed by atoms with Crippen molar-refractivity contribution in [2.45, 2.75) is 46.3 Å². The summed E-state index contributed by atoms with van der Waals surface area (Å²) in [6, 6.07) is 16.2. The van der Waals surface area contributed by atoms with E-state index in [-0.39, 0.29) is 13.0 Å². The van der Waals surface area contributed by atoms with Gasteiger partial charge in [0, 0.05) is 17.8 Å². The minimum atomic E-state index is -0.999. The monoisotopic (exact) mass is 492 g/mol. The molecule has 36 heavy (non-hydrogen) atoms. The van der Waals surface area contributed by atoms with Crippen LogP contribution in [0.4, 0.5) is 14.9 Å². The summed E-state index contributed by atoms with van der Waals surface area (Å²) in [6.07, 6.45) is -0.828. The molecule has 0 aliphatic carbocycles. The normalized spacial score (nSPS) is 11.0. The van der Waals surface area contributed by atoms with Crippen LogP contribution < -0.4 is 10.6 Å². The molecule has 3 aromatic carbocycles. The Hall–Kier alpha value is -4.20. The van der Waals surface area contributed by atoms with Crippen LogP contribution in [0.25, 0.3) is 11.1 Å². The van der Waals surface area contributed by atoms with Crippen molar-refractivity contribution in [2.75, 3.05) is 5.32 Å². The number of carboxylic acid groups (broad SMARTS) is 1. The minimum Gasteiger partial charge on any atom is -0.481 e. The van der Waals surface area contributed by atoms with Gasteiger partial charge in [-0.05, 0) is 86.3 Å². The van der Waals surface area contributed by atoms with Gasteiger partial charge in [0.1, 0.15) is 11.4 Å². The van der Waals surface area contributed by atoms with E-state index in [0.29, 0.717) is 33.5 Å². The molecule has 3 N–H and O–H groups in total. The van der Waals surface area contributed by atoms with Gasteiger partial charge < -0.3 is 20.5 Å². The second-order valence-electron chi connectivity index (χ2n) is 9.47. The number of ether oxygens (including phenoxy) is 1. The third kappa shape index (κ3) is 7.66. The fourth-order valence-corrected chi connectivity index (χ4v) is 3.60. The first-order valence-corrected chi connectivity index (χ1v) is 11.4. The van der Waals surface area contributed by atoms with Gasteiger partial charge in [-0.25, -0.2) is 9.18 Å². The van der Waals surface area contributed by atoms with Gasteiger partial charge in [0.15, 0.2) is 0 Å². The molecule has 0 aliphatic rings. The fourth-order valence-electron chi connectivity index (χ4n) is 3.60. The molecule has 0 radical (unpaired) electrons. The van der Waals surface area contributed by atoms with Gasteiger partial charge in [-0.1, -0.05) is 29.8 Å². The SMILES string of the molecule is Cc1ccc(NC(=O)c2cccc(-c3cc(F)cc(CNC(=O)OC(C)(C)C)c3)c2)c(CC(=O)O)c1. The quantitative estimate of drug-likeness (QED) is 0.392. The largest absolute Gasteiger partial charge is 0.481 e. The maximum absolute atomic E-state index is 14.4. The summed E-state index contributed by atoms with van der Waals surface area (Å²) in [5.74, 6) is -1.90. The summed E-state index contributed by atoms with van der Waals surface area (Å²) in [7, 11) is 0. The molecule has 0 heterocycles. The first kappa shape index (κ1) is 26.4. The van der Waals surface area contributed by atoms with Crippen molar-refractivity contribution in [3.8, 4) is 11.1 Å². The number of halogens is 1. The van der Waals surface area contributed by atoms with E-state index in [2.05, 4.69) is 10.6 Å². The Balaban J connectivity index is 1.80. The second-order valence-corrected chi connectivity index (χ2v) is 9.47. The number of hydrogen-bond donors (Lipinski definition) is 3. The summed E-state index contributed by atoms with van der Waals surface area (Å²) in [5, 5.41) is 14.6. The Kier molecular flexibility index (Phi) is 8.09. The molecule has 0 aromatic heterocycles. The number of aryl methyl sites for hydroxylation is 1. The van der Waals surface area contributed by atoms with E-state index in [1.165, 1.54) is 12.1 Å². The number of alkyl carbamates (subject to hydrolysis) is 1. The Bertz CT molecular complexity index is 1300. The first-order chi connectivity index (χ1) is 16.9. The average molecular weight is 493 g/mol.